The molecule has 138 valence electrons. The van der Waals surface area contributed by atoms with E-state index in [1.165, 1.54) is 38.5 Å². The summed E-state index contributed by atoms with van der Waals surface area (Å²) in [6.45, 7) is 6.29. The van der Waals surface area contributed by atoms with Crippen LogP contribution < -0.4 is 0 Å². The molecule has 0 aromatic carbocycles. The van der Waals surface area contributed by atoms with E-state index in [0.717, 1.165) is 58.6 Å². The summed E-state index contributed by atoms with van der Waals surface area (Å²) in [7, 11) is 0. The van der Waals surface area contributed by atoms with E-state index in [2.05, 4.69) is 11.8 Å². The van der Waals surface area contributed by atoms with Crippen LogP contribution in [0, 0.1) is 11.3 Å². The Bertz CT molecular complexity index is 400. The summed E-state index contributed by atoms with van der Waals surface area (Å²) < 4.78 is 11.8. The smallest absolute Gasteiger partial charge is 0.225 e. The molecule has 4 nitrogen and oxygen atoms in total. The summed E-state index contributed by atoms with van der Waals surface area (Å²) in [6.07, 6.45) is 12.1. The van der Waals surface area contributed by atoms with Gasteiger partial charge in [0.15, 0.2) is 0 Å². The number of likely N-dealkylation sites (tertiary alicyclic amines) is 1. The van der Waals surface area contributed by atoms with Crippen LogP contribution in [0.15, 0.2) is 0 Å². The van der Waals surface area contributed by atoms with Gasteiger partial charge in [0.25, 0.3) is 0 Å². The average Bonchev–Trinajstić information content (AvgIpc) is 2.64. The minimum atomic E-state index is 0.176. The molecule has 2 heterocycles. The lowest BCUT2D eigenvalue weighted by atomic mass is 9.66. The highest BCUT2D eigenvalue weighted by Crippen LogP contribution is 2.46. The summed E-state index contributed by atoms with van der Waals surface area (Å²) in [6, 6.07) is 0. The SMILES string of the molecule is CCCCOC1CN(C(=O)C2CCOCC2)CCC12CCCCC2. The zero-order valence-electron chi connectivity index (χ0n) is 15.4. The molecule has 0 bridgehead atoms. The largest absolute Gasteiger partial charge is 0.381 e. The third-order valence-electron chi connectivity index (χ3n) is 6.50. The quantitative estimate of drug-likeness (QED) is 0.717. The zero-order valence-corrected chi connectivity index (χ0v) is 15.4. The molecule has 1 spiro atoms. The molecule has 0 radical (unpaired) electrons. The maximum Gasteiger partial charge on any atom is 0.225 e. The second-order valence-electron chi connectivity index (χ2n) is 8.06. The molecular weight excluding hydrogens is 302 g/mol. The molecule has 1 saturated carbocycles. The number of hydrogen-bond acceptors (Lipinski definition) is 3. The van der Waals surface area contributed by atoms with Gasteiger partial charge in [-0.25, -0.2) is 0 Å². The van der Waals surface area contributed by atoms with Gasteiger partial charge in [0.2, 0.25) is 5.91 Å². The van der Waals surface area contributed by atoms with Gasteiger partial charge in [-0.2, -0.15) is 0 Å². The lowest BCUT2D eigenvalue weighted by Gasteiger charge is -2.50. The molecule has 2 saturated heterocycles. The third kappa shape index (κ3) is 4.13. The van der Waals surface area contributed by atoms with Crippen molar-refractivity contribution in [1.29, 1.82) is 0 Å². The van der Waals surface area contributed by atoms with E-state index >= 15 is 0 Å². The van der Waals surface area contributed by atoms with Crippen LogP contribution >= 0.6 is 0 Å². The fraction of sp³-hybridized carbons (Fsp3) is 0.950. The average molecular weight is 338 g/mol. The number of hydrogen-bond donors (Lipinski definition) is 0. The second kappa shape index (κ2) is 8.66. The van der Waals surface area contributed by atoms with E-state index in [1.807, 2.05) is 0 Å². The van der Waals surface area contributed by atoms with Crippen LogP contribution in [0.5, 0.6) is 0 Å². The molecule has 1 aliphatic carbocycles. The number of carbonyl (C=O) groups is 1. The van der Waals surface area contributed by atoms with E-state index < -0.39 is 0 Å². The maximum absolute atomic E-state index is 12.9. The van der Waals surface area contributed by atoms with Crippen molar-refractivity contribution < 1.29 is 14.3 Å². The van der Waals surface area contributed by atoms with Crippen LogP contribution in [-0.2, 0) is 14.3 Å². The number of unbranched alkanes of at least 4 members (excludes halogenated alkanes) is 1. The van der Waals surface area contributed by atoms with Crippen molar-refractivity contribution in [3.63, 3.8) is 0 Å². The zero-order chi connectivity index (χ0) is 16.8. The van der Waals surface area contributed by atoms with Gasteiger partial charge in [0.05, 0.1) is 6.10 Å². The van der Waals surface area contributed by atoms with E-state index in [0.29, 0.717) is 11.3 Å². The van der Waals surface area contributed by atoms with Crippen molar-refractivity contribution in [1.82, 2.24) is 4.90 Å². The van der Waals surface area contributed by atoms with Crippen molar-refractivity contribution in [2.45, 2.75) is 77.2 Å². The molecule has 4 heteroatoms. The molecule has 1 unspecified atom stereocenters. The van der Waals surface area contributed by atoms with E-state index in [9.17, 15) is 4.79 Å². The number of rotatable bonds is 5. The summed E-state index contributed by atoms with van der Waals surface area (Å²) >= 11 is 0. The van der Waals surface area contributed by atoms with Gasteiger partial charge in [0.1, 0.15) is 0 Å². The second-order valence-corrected chi connectivity index (χ2v) is 8.06. The van der Waals surface area contributed by atoms with Crippen molar-refractivity contribution in [2.75, 3.05) is 32.9 Å². The highest BCUT2D eigenvalue weighted by atomic mass is 16.5. The van der Waals surface area contributed by atoms with Gasteiger partial charge in [-0.15, -0.1) is 0 Å². The predicted octanol–water partition coefficient (Wildman–Crippen LogP) is 3.78. The first-order valence-corrected chi connectivity index (χ1v) is 10.2. The topological polar surface area (TPSA) is 38.8 Å². The maximum atomic E-state index is 12.9. The fourth-order valence-electron chi connectivity index (χ4n) is 4.83. The Hall–Kier alpha value is -0.610. The Morgan fingerprint density at radius 3 is 2.62 bits per heavy atom. The molecule has 0 aromatic rings. The minimum absolute atomic E-state index is 0.176. The molecule has 3 aliphatic rings. The van der Waals surface area contributed by atoms with Crippen molar-refractivity contribution in [3.05, 3.63) is 0 Å². The molecule has 24 heavy (non-hydrogen) atoms. The van der Waals surface area contributed by atoms with Crippen molar-refractivity contribution in [2.24, 2.45) is 11.3 Å². The van der Waals surface area contributed by atoms with Gasteiger partial charge in [0, 0.05) is 38.8 Å². The normalized spacial score (nSPS) is 28.2. The van der Waals surface area contributed by atoms with Gasteiger partial charge in [-0.05, 0) is 43.9 Å². The first-order chi connectivity index (χ1) is 11.7. The molecule has 1 atom stereocenters. The molecule has 2 aliphatic heterocycles. The molecule has 1 amide bonds. The number of ether oxygens (including phenoxy) is 2. The fourth-order valence-corrected chi connectivity index (χ4v) is 4.83. The van der Waals surface area contributed by atoms with Gasteiger partial charge < -0.3 is 14.4 Å². The Morgan fingerprint density at radius 1 is 1.17 bits per heavy atom. The van der Waals surface area contributed by atoms with Gasteiger partial charge in [-0.1, -0.05) is 32.6 Å². The number of carbonyl (C=O) groups excluding carboxylic acids is 1. The molecule has 0 N–H and O–H groups in total. The van der Waals surface area contributed by atoms with Crippen LogP contribution in [0.4, 0.5) is 0 Å². The van der Waals surface area contributed by atoms with E-state index in [-0.39, 0.29) is 12.0 Å². The standard InChI is InChI=1S/C20H35NO3/c1-2-3-13-24-18-16-21(19(22)17-7-14-23-15-8-17)12-11-20(18)9-5-4-6-10-20/h17-18H,2-16H2,1H3. The minimum Gasteiger partial charge on any atom is -0.381 e. The Kier molecular flexibility index (Phi) is 6.56. The van der Waals surface area contributed by atoms with Crippen molar-refractivity contribution >= 4 is 5.91 Å². The molecule has 3 fully saturated rings. The van der Waals surface area contributed by atoms with E-state index in [1.54, 1.807) is 0 Å². The monoisotopic (exact) mass is 337 g/mol. The summed E-state index contributed by atoms with van der Waals surface area (Å²) in [4.78, 5) is 15.0. The lowest BCUT2D eigenvalue weighted by molar-refractivity contribution is -0.152. The summed E-state index contributed by atoms with van der Waals surface area (Å²) in [5.41, 5.74) is 0.346. The first kappa shape index (κ1) is 18.2. The first-order valence-electron chi connectivity index (χ1n) is 10.2. The molecule has 3 rings (SSSR count). The molecule has 0 aromatic heterocycles. The van der Waals surface area contributed by atoms with Gasteiger partial charge >= 0.3 is 0 Å². The third-order valence-corrected chi connectivity index (χ3v) is 6.50. The van der Waals surface area contributed by atoms with Crippen LogP contribution in [0.2, 0.25) is 0 Å². The van der Waals surface area contributed by atoms with Crippen LogP contribution in [-0.4, -0.2) is 49.8 Å². The number of nitrogens with zero attached hydrogens (tertiary/aromatic N) is 1. The number of amides is 1. The molecular formula is C20H35NO3. The van der Waals surface area contributed by atoms with Gasteiger partial charge in [-0.3, -0.25) is 4.79 Å². The predicted molar refractivity (Wildman–Crippen MR) is 94.9 cm³/mol. The van der Waals surface area contributed by atoms with Crippen LogP contribution in [0.3, 0.4) is 0 Å². The number of piperidine rings is 1. The summed E-state index contributed by atoms with van der Waals surface area (Å²) in [5, 5.41) is 0. The highest BCUT2D eigenvalue weighted by Gasteiger charge is 2.45. The van der Waals surface area contributed by atoms with Crippen molar-refractivity contribution in [3.8, 4) is 0 Å². The Morgan fingerprint density at radius 2 is 1.92 bits per heavy atom. The lowest BCUT2D eigenvalue weighted by Crippen LogP contribution is -2.55. The summed E-state index contributed by atoms with van der Waals surface area (Å²) in [5.74, 6) is 0.531. The highest BCUT2D eigenvalue weighted by molar-refractivity contribution is 5.79. The van der Waals surface area contributed by atoms with Crippen LogP contribution in [0.25, 0.3) is 0 Å². The Labute approximate surface area is 147 Å². The van der Waals surface area contributed by atoms with E-state index in [4.69, 9.17) is 9.47 Å². The van der Waals surface area contributed by atoms with Crippen LogP contribution in [0.1, 0.15) is 71.1 Å². The Balaban J connectivity index is 1.63.